The van der Waals surface area contributed by atoms with Crippen LogP contribution in [0.1, 0.15) is 16.8 Å². The highest BCUT2D eigenvalue weighted by molar-refractivity contribution is 6.22. The highest BCUT2D eigenvalue weighted by atomic mass is 19.1. The van der Waals surface area contributed by atoms with Crippen LogP contribution in [0.15, 0.2) is 54.6 Å². The Morgan fingerprint density at radius 2 is 1.58 bits per heavy atom. The molecule has 0 N–H and O–H groups in total. The molecule has 0 radical (unpaired) electrons. The molecule has 2 saturated carbocycles. The second-order valence-electron chi connectivity index (χ2n) is 9.22. The van der Waals surface area contributed by atoms with Gasteiger partial charge in [0.1, 0.15) is 11.5 Å². The largest absolute Gasteiger partial charge is 0.497 e. The second-order valence-corrected chi connectivity index (χ2v) is 9.22. The highest BCUT2D eigenvalue weighted by Crippen LogP contribution is 2.65. The molecule has 7 heteroatoms. The summed E-state index contributed by atoms with van der Waals surface area (Å²) in [6, 6.07) is 10.6. The van der Waals surface area contributed by atoms with Crippen LogP contribution in [0, 0.1) is 41.3 Å². The third kappa shape index (κ3) is 3.02. The summed E-state index contributed by atoms with van der Waals surface area (Å²) in [6.07, 6.45) is 5.25. The average Bonchev–Trinajstić information content (AvgIpc) is 3.62. The fourth-order valence-corrected chi connectivity index (χ4v) is 5.96. The van der Waals surface area contributed by atoms with E-state index in [0.717, 1.165) is 17.4 Å². The number of halogens is 1. The Kier molecular flexibility index (Phi) is 4.44. The monoisotopic (exact) mass is 447 g/mol. The van der Waals surface area contributed by atoms with E-state index in [1.54, 1.807) is 31.4 Å². The van der Waals surface area contributed by atoms with Crippen LogP contribution < -0.4 is 14.4 Å². The Bertz CT molecular complexity index is 1170. The summed E-state index contributed by atoms with van der Waals surface area (Å²) in [5.74, 6) is -0.440. The summed E-state index contributed by atoms with van der Waals surface area (Å²) in [4.78, 5) is 39.7. The van der Waals surface area contributed by atoms with Crippen molar-refractivity contribution < 1.29 is 28.2 Å². The first-order valence-corrected chi connectivity index (χ1v) is 11.1. The number of ether oxygens (including phenoxy) is 2. The number of amides is 2. The number of ketones is 1. The number of benzene rings is 2. The van der Waals surface area contributed by atoms with E-state index in [2.05, 4.69) is 12.2 Å². The molecule has 1 heterocycles. The van der Waals surface area contributed by atoms with Crippen molar-refractivity contribution in [3.05, 3.63) is 66.0 Å². The number of allylic oxidation sites excluding steroid dienone is 2. The van der Waals surface area contributed by atoms with Gasteiger partial charge in [0, 0.05) is 11.6 Å². The van der Waals surface area contributed by atoms with Crippen molar-refractivity contribution in [2.45, 2.75) is 6.42 Å². The molecule has 0 spiro atoms. The molecule has 2 unspecified atom stereocenters. The van der Waals surface area contributed by atoms with Gasteiger partial charge in [0.2, 0.25) is 11.8 Å². The third-order valence-corrected chi connectivity index (χ3v) is 7.60. The van der Waals surface area contributed by atoms with Crippen molar-refractivity contribution in [2.24, 2.45) is 35.5 Å². The zero-order chi connectivity index (χ0) is 22.9. The molecule has 1 aliphatic heterocycles. The van der Waals surface area contributed by atoms with Gasteiger partial charge in [-0.2, -0.15) is 0 Å². The lowest BCUT2D eigenvalue weighted by atomic mass is 9.63. The van der Waals surface area contributed by atoms with Crippen molar-refractivity contribution >= 4 is 23.3 Å². The number of rotatable bonds is 6. The summed E-state index contributed by atoms with van der Waals surface area (Å²) in [7, 11) is 1.54. The van der Waals surface area contributed by atoms with Crippen LogP contribution in [0.2, 0.25) is 0 Å². The van der Waals surface area contributed by atoms with E-state index < -0.39 is 5.82 Å². The van der Waals surface area contributed by atoms with Crippen molar-refractivity contribution in [3.8, 4) is 11.5 Å². The minimum atomic E-state index is -0.727. The Morgan fingerprint density at radius 1 is 0.970 bits per heavy atom. The van der Waals surface area contributed by atoms with Gasteiger partial charge in [0.25, 0.3) is 0 Å². The van der Waals surface area contributed by atoms with E-state index in [0.29, 0.717) is 23.1 Å². The number of carbonyl (C=O) groups is 3. The SMILES string of the molecule is COc1ccc(C(=O)COc2ccc(N3C(=O)[C@@H]4[C@H](C3=O)[C@@H]3C=C[C@H]4C4CC43)c(F)c2)cc1. The van der Waals surface area contributed by atoms with Crippen LogP contribution in [0.25, 0.3) is 0 Å². The molecule has 2 amide bonds. The molecule has 6 atom stereocenters. The maximum Gasteiger partial charge on any atom is 0.238 e. The van der Waals surface area contributed by atoms with E-state index in [1.165, 1.54) is 12.1 Å². The zero-order valence-electron chi connectivity index (χ0n) is 17.9. The van der Waals surface area contributed by atoms with Crippen LogP contribution in [0.4, 0.5) is 10.1 Å². The lowest BCUT2D eigenvalue weighted by Gasteiger charge is -2.37. The lowest BCUT2D eigenvalue weighted by Crippen LogP contribution is -2.40. The Hall–Kier alpha value is -3.48. The standard InChI is InChI=1S/C26H22FNO5/c1-32-14-4-2-13(3-5-14)22(29)12-33-15-6-9-21(20(27)10-15)28-25(30)23-16-7-8-17(19-11-18(16)19)24(23)26(28)31/h2-10,16-19,23-24H,11-12H2,1H3/t16-,17+,18?,19?,23-,24+. The topological polar surface area (TPSA) is 72.9 Å². The molecule has 2 bridgehead atoms. The van der Waals surface area contributed by atoms with Gasteiger partial charge in [-0.1, -0.05) is 12.2 Å². The van der Waals surface area contributed by atoms with Gasteiger partial charge in [-0.15, -0.1) is 0 Å². The van der Waals surface area contributed by atoms with Crippen molar-refractivity contribution in [2.75, 3.05) is 18.6 Å². The van der Waals surface area contributed by atoms with Crippen molar-refractivity contribution in [1.29, 1.82) is 0 Å². The molecule has 0 aromatic heterocycles. The highest BCUT2D eigenvalue weighted by Gasteiger charge is 2.67. The maximum atomic E-state index is 15.0. The van der Waals surface area contributed by atoms with E-state index in [1.807, 2.05) is 0 Å². The number of anilines is 1. The first-order chi connectivity index (χ1) is 16.0. The molecule has 3 fully saturated rings. The fraction of sp³-hybridized carbons (Fsp3) is 0.346. The molecular weight excluding hydrogens is 425 g/mol. The third-order valence-electron chi connectivity index (χ3n) is 7.60. The average molecular weight is 447 g/mol. The minimum absolute atomic E-state index is 0.0543. The number of methoxy groups -OCH3 is 1. The van der Waals surface area contributed by atoms with E-state index in [-0.39, 0.29) is 59.3 Å². The first-order valence-electron chi connectivity index (χ1n) is 11.1. The van der Waals surface area contributed by atoms with Crippen LogP contribution in [-0.2, 0) is 9.59 Å². The van der Waals surface area contributed by atoms with Crippen LogP contribution in [0.3, 0.4) is 0 Å². The van der Waals surface area contributed by atoms with E-state index >= 15 is 4.39 Å². The predicted molar refractivity (Wildman–Crippen MR) is 116 cm³/mol. The molecule has 2 aromatic carbocycles. The number of hydrogen-bond acceptors (Lipinski definition) is 5. The molecular formula is C26H22FNO5. The second kappa shape index (κ2) is 7.27. The predicted octanol–water partition coefficient (Wildman–Crippen LogP) is 3.65. The molecule has 2 aromatic rings. The van der Waals surface area contributed by atoms with Crippen LogP contribution in [0.5, 0.6) is 11.5 Å². The van der Waals surface area contributed by atoms with Gasteiger partial charge in [0.15, 0.2) is 18.2 Å². The summed E-state index contributed by atoms with van der Waals surface area (Å²) >= 11 is 0. The fourth-order valence-electron chi connectivity index (χ4n) is 5.96. The summed E-state index contributed by atoms with van der Waals surface area (Å²) in [5.41, 5.74) is 0.395. The van der Waals surface area contributed by atoms with Gasteiger partial charge < -0.3 is 9.47 Å². The summed E-state index contributed by atoms with van der Waals surface area (Å²) < 4.78 is 25.6. The molecule has 4 aliphatic carbocycles. The van der Waals surface area contributed by atoms with Crippen molar-refractivity contribution in [1.82, 2.24) is 0 Å². The molecule has 33 heavy (non-hydrogen) atoms. The Balaban J connectivity index is 1.17. The molecule has 168 valence electrons. The van der Waals surface area contributed by atoms with Crippen LogP contribution in [-0.4, -0.2) is 31.3 Å². The van der Waals surface area contributed by atoms with E-state index in [4.69, 9.17) is 9.47 Å². The normalized spacial score (nSPS) is 30.8. The molecule has 6 nitrogen and oxygen atoms in total. The minimum Gasteiger partial charge on any atom is -0.497 e. The van der Waals surface area contributed by atoms with Gasteiger partial charge in [-0.05, 0) is 66.5 Å². The molecule has 1 saturated heterocycles. The molecule has 7 rings (SSSR count). The Labute approximate surface area is 190 Å². The number of imide groups is 1. The quantitative estimate of drug-likeness (QED) is 0.384. The molecule has 5 aliphatic rings. The summed E-state index contributed by atoms with van der Waals surface area (Å²) in [6.45, 7) is -0.269. The Morgan fingerprint density at radius 3 is 2.15 bits per heavy atom. The maximum absolute atomic E-state index is 15.0. The van der Waals surface area contributed by atoms with Gasteiger partial charge in [0.05, 0.1) is 24.6 Å². The van der Waals surface area contributed by atoms with Gasteiger partial charge in [-0.3, -0.25) is 14.4 Å². The number of hydrogen-bond donors (Lipinski definition) is 0. The summed E-state index contributed by atoms with van der Waals surface area (Å²) in [5, 5.41) is 0. The lowest BCUT2D eigenvalue weighted by molar-refractivity contribution is -0.124. The zero-order valence-corrected chi connectivity index (χ0v) is 17.9. The number of nitrogens with zero attached hydrogens (tertiary/aromatic N) is 1. The first kappa shape index (κ1) is 20.1. The van der Waals surface area contributed by atoms with Gasteiger partial charge >= 0.3 is 0 Å². The van der Waals surface area contributed by atoms with Crippen LogP contribution >= 0.6 is 0 Å². The van der Waals surface area contributed by atoms with E-state index in [9.17, 15) is 14.4 Å². The smallest absolute Gasteiger partial charge is 0.238 e. The van der Waals surface area contributed by atoms with Gasteiger partial charge in [-0.25, -0.2) is 9.29 Å². The number of carbonyl (C=O) groups excluding carboxylic acids is 3. The van der Waals surface area contributed by atoms with Crippen molar-refractivity contribution in [3.63, 3.8) is 0 Å². The number of Topliss-reactive ketones (excluding diaryl/α,β-unsaturated/α-hetero) is 1.